The van der Waals surface area contributed by atoms with Crippen molar-refractivity contribution in [2.24, 2.45) is 0 Å². The standard InChI is InChI=1S/C14H23NO4/c16-7-2-1-5-15-6-9-18-11-12(15)10-13(17)14-4-3-8-19-14/h3-4,8,12-13,16-17H,1-2,5-7,9-11H2. The maximum absolute atomic E-state index is 10.1. The smallest absolute Gasteiger partial charge is 0.132 e. The molecule has 5 heteroatoms. The molecule has 1 aliphatic rings. The van der Waals surface area contributed by atoms with Crippen LogP contribution >= 0.6 is 0 Å². The Morgan fingerprint density at radius 1 is 1.42 bits per heavy atom. The Kier molecular flexibility index (Phi) is 5.85. The van der Waals surface area contributed by atoms with Gasteiger partial charge in [0, 0.05) is 19.2 Å². The van der Waals surface area contributed by atoms with Crippen molar-refractivity contribution >= 4 is 0 Å². The topological polar surface area (TPSA) is 66.1 Å². The van der Waals surface area contributed by atoms with Crippen LogP contribution in [0.2, 0.25) is 0 Å². The van der Waals surface area contributed by atoms with E-state index in [1.807, 2.05) is 0 Å². The van der Waals surface area contributed by atoms with E-state index in [2.05, 4.69) is 4.90 Å². The van der Waals surface area contributed by atoms with Crippen molar-refractivity contribution < 1.29 is 19.4 Å². The molecule has 1 aromatic heterocycles. The minimum atomic E-state index is -0.581. The molecule has 2 N–H and O–H groups in total. The van der Waals surface area contributed by atoms with Crippen molar-refractivity contribution in [3.05, 3.63) is 24.2 Å². The first-order valence-electron chi connectivity index (χ1n) is 6.95. The molecule has 1 fully saturated rings. The average molecular weight is 269 g/mol. The Labute approximate surface area is 113 Å². The van der Waals surface area contributed by atoms with Crippen molar-refractivity contribution in [1.82, 2.24) is 4.90 Å². The fourth-order valence-corrected chi connectivity index (χ4v) is 2.48. The largest absolute Gasteiger partial charge is 0.467 e. The summed E-state index contributed by atoms with van der Waals surface area (Å²) >= 11 is 0. The molecule has 0 bridgehead atoms. The van der Waals surface area contributed by atoms with Gasteiger partial charge in [-0.25, -0.2) is 0 Å². The van der Waals surface area contributed by atoms with Crippen molar-refractivity contribution in [3.8, 4) is 0 Å². The predicted molar refractivity (Wildman–Crippen MR) is 70.8 cm³/mol. The summed E-state index contributed by atoms with van der Waals surface area (Å²) in [6.45, 7) is 3.47. The molecule has 1 saturated heterocycles. The Bertz CT molecular complexity index is 341. The summed E-state index contributed by atoms with van der Waals surface area (Å²) < 4.78 is 10.7. The monoisotopic (exact) mass is 269 g/mol. The molecule has 5 nitrogen and oxygen atoms in total. The van der Waals surface area contributed by atoms with Crippen LogP contribution in [-0.4, -0.2) is 54.1 Å². The normalized spacial score (nSPS) is 22.5. The van der Waals surface area contributed by atoms with Gasteiger partial charge in [-0.05, 0) is 37.9 Å². The number of ether oxygens (including phenoxy) is 1. The van der Waals surface area contributed by atoms with Crippen LogP contribution in [0.1, 0.15) is 31.1 Å². The third-order valence-electron chi connectivity index (χ3n) is 3.57. The Morgan fingerprint density at radius 2 is 2.32 bits per heavy atom. The second-order valence-electron chi connectivity index (χ2n) is 4.96. The van der Waals surface area contributed by atoms with Crippen LogP contribution in [0.4, 0.5) is 0 Å². The van der Waals surface area contributed by atoms with Crippen molar-refractivity contribution in [3.63, 3.8) is 0 Å². The molecular formula is C14H23NO4. The van der Waals surface area contributed by atoms with Gasteiger partial charge < -0.3 is 19.4 Å². The molecule has 1 aliphatic heterocycles. The van der Waals surface area contributed by atoms with Crippen LogP contribution in [0.5, 0.6) is 0 Å². The Hall–Kier alpha value is -0.880. The first-order chi connectivity index (χ1) is 9.31. The average Bonchev–Trinajstić information content (AvgIpc) is 2.95. The minimum Gasteiger partial charge on any atom is -0.467 e. The van der Waals surface area contributed by atoms with Crippen LogP contribution in [0, 0.1) is 0 Å². The van der Waals surface area contributed by atoms with Gasteiger partial charge in [-0.3, -0.25) is 4.90 Å². The lowest BCUT2D eigenvalue weighted by atomic mass is 10.0. The van der Waals surface area contributed by atoms with Crippen LogP contribution in [0.25, 0.3) is 0 Å². The van der Waals surface area contributed by atoms with Crippen molar-refractivity contribution in [1.29, 1.82) is 0 Å². The summed E-state index contributed by atoms with van der Waals surface area (Å²) in [5.74, 6) is 0.612. The van der Waals surface area contributed by atoms with E-state index >= 15 is 0 Å². The summed E-state index contributed by atoms with van der Waals surface area (Å²) in [7, 11) is 0. The Balaban J connectivity index is 1.84. The van der Waals surface area contributed by atoms with E-state index in [4.69, 9.17) is 14.3 Å². The molecule has 1 aromatic rings. The number of nitrogens with zero attached hydrogens (tertiary/aromatic N) is 1. The van der Waals surface area contributed by atoms with Crippen LogP contribution < -0.4 is 0 Å². The molecule has 2 rings (SSSR count). The van der Waals surface area contributed by atoms with E-state index < -0.39 is 6.10 Å². The maximum Gasteiger partial charge on any atom is 0.132 e. The number of aliphatic hydroxyl groups is 2. The van der Waals surface area contributed by atoms with E-state index in [0.717, 1.165) is 32.5 Å². The number of rotatable bonds is 7. The summed E-state index contributed by atoms with van der Waals surface area (Å²) in [4.78, 5) is 2.34. The molecule has 2 atom stereocenters. The van der Waals surface area contributed by atoms with Crippen LogP contribution in [-0.2, 0) is 4.74 Å². The lowest BCUT2D eigenvalue weighted by Gasteiger charge is -2.36. The third kappa shape index (κ3) is 4.31. The van der Waals surface area contributed by atoms with Gasteiger partial charge in [0.05, 0.1) is 19.5 Å². The van der Waals surface area contributed by atoms with Crippen molar-refractivity contribution in [2.45, 2.75) is 31.4 Å². The molecule has 0 aromatic carbocycles. The zero-order valence-corrected chi connectivity index (χ0v) is 11.2. The van der Waals surface area contributed by atoms with Gasteiger partial charge in [-0.1, -0.05) is 0 Å². The highest BCUT2D eigenvalue weighted by Gasteiger charge is 2.26. The fraction of sp³-hybridized carbons (Fsp3) is 0.714. The molecule has 0 radical (unpaired) electrons. The van der Waals surface area contributed by atoms with E-state index in [1.165, 1.54) is 0 Å². The SMILES string of the molecule is OCCCCN1CCOCC1CC(O)c1ccco1. The highest BCUT2D eigenvalue weighted by molar-refractivity contribution is 5.02. The molecule has 0 saturated carbocycles. The van der Waals surface area contributed by atoms with Gasteiger partial charge in [-0.2, -0.15) is 0 Å². The van der Waals surface area contributed by atoms with E-state index in [-0.39, 0.29) is 12.6 Å². The molecule has 19 heavy (non-hydrogen) atoms. The van der Waals surface area contributed by atoms with Gasteiger partial charge in [-0.15, -0.1) is 0 Å². The van der Waals surface area contributed by atoms with Gasteiger partial charge in [0.25, 0.3) is 0 Å². The molecule has 0 amide bonds. The van der Waals surface area contributed by atoms with E-state index in [9.17, 15) is 5.11 Å². The summed E-state index contributed by atoms with van der Waals surface area (Å²) in [5, 5.41) is 19.0. The van der Waals surface area contributed by atoms with Gasteiger partial charge in [0.15, 0.2) is 0 Å². The first-order valence-corrected chi connectivity index (χ1v) is 6.95. The number of hydrogen-bond donors (Lipinski definition) is 2. The van der Waals surface area contributed by atoms with Gasteiger partial charge >= 0.3 is 0 Å². The molecule has 2 unspecified atom stereocenters. The number of furan rings is 1. The maximum atomic E-state index is 10.1. The second-order valence-corrected chi connectivity index (χ2v) is 4.96. The number of hydrogen-bond acceptors (Lipinski definition) is 5. The van der Waals surface area contributed by atoms with E-state index in [0.29, 0.717) is 18.8 Å². The molecule has 0 aliphatic carbocycles. The number of aliphatic hydroxyl groups excluding tert-OH is 2. The molecule has 2 heterocycles. The number of morpholine rings is 1. The van der Waals surface area contributed by atoms with Gasteiger partial charge in [0.2, 0.25) is 0 Å². The molecule has 108 valence electrons. The second kappa shape index (κ2) is 7.65. The minimum absolute atomic E-state index is 0.215. The third-order valence-corrected chi connectivity index (χ3v) is 3.57. The van der Waals surface area contributed by atoms with E-state index in [1.54, 1.807) is 18.4 Å². The summed E-state index contributed by atoms with van der Waals surface area (Å²) in [6, 6.07) is 3.80. The zero-order chi connectivity index (χ0) is 13.5. The fourth-order valence-electron chi connectivity index (χ4n) is 2.48. The highest BCUT2D eigenvalue weighted by atomic mass is 16.5. The number of unbranched alkanes of at least 4 members (excludes halogenated alkanes) is 1. The zero-order valence-electron chi connectivity index (χ0n) is 11.2. The quantitative estimate of drug-likeness (QED) is 0.728. The predicted octanol–water partition coefficient (Wildman–Crippen LogP) is 1.18. The van der Waals surface area contributed by atoms with Gasteiger partial charge in [0.1, 0.15) is 11.9 Å². The molecule has 0 spiro atoms. The summed E-state index contributed by atoms with van der Waals surface area (Å²) in [5.41, 5.74) is 0. The first kappa shape index (κ1) is 14.5. The highest BCUT2D eigenvalue weighted by Crippen LogP contribution is 2.23. The molecular weight excluding hydrogens is 246 g/mol. The Morgan fingerprint density at radius 3 is 3.05 bits per heavy atom. The van der Waals surface area contributed by atoms with Crippen molar-refractivity contribution in [2.75, 3.05) is 32.9 Å². The lowest BCUT2D eigenvalue weighted by molar-refractivity contribution is -0.0292. The summed E-state index contributed by atoms with van der Waals surface area (Å²) in [6.07, 6.45) is 3.41. The lowest BCUT2D eigenvalue weighted by Crippen LogP contribution is -2.46. The van der Waals surface area contributed by atoms with Crippen LogP contribution in [0.3, 0.4) is 0 Å². The van der Waals surface area contributed by atoms with Crippen LogP contribution in [0.15, 0.2) is 22.8 Å².